The van der Waals surface area contributed by atoms with E-state index in [2.05, 4.69) is 15.0 Å². The number of nitrogens with one attached hydrogen (secondary N) is 2. The first-order chi connectivity index (χ1) is 15.3. The molecule has 0 bridgehead atoms. The summed E-state index contributed by atoms with van der Waals surface area (Å²) in [5, 5.41) is 2.81. The molecule has 7 nitrogen and oxygen atoms in total. The number of nitrogen functional groups attached to an aromatic ring is 1. The molecular weight excluding hydrogens is 431 g/mol. The van der Waals surface area contributed by atoms with Gasteiger partial charge in [0.1, 0.15) is 11.6 Å². The average Bonchev–Trinajstić information content (AvgIpc) is 3.57. The topological polar surface area (TPSA) is 114 Å². The molecule has 9 heteroatoms. The van der Waals surface area contributed by atoms with Gasteiger partial charge < -0.3 is 11.1 Å². The van der Waals surface area contributed by atoms with Gasteiger partial charge in [-0.05, 0) is 54.7 Å². The van der Waals surface area contributed by atoms with E-state index >= 15 is 0 Å². The predicted molar refractivity (Wildman–Crippen MR) is 119 cm³/mol. The molecule has 1 aromatic heterocycles. The van der Waals surface area contributed by atoms with Gasteiger partial charge >= 0.3 is 0 Å². The fraction of sp³-hybridized carbons (Fsp3) is 0.217. The molecule has 0 radical (unpaired) electrons. The Morgan fingerprint density at radius 1 is 1.03 bits per heavy atom. The van der Waals surface area contributed by atoms with E-state index < -0.39 is 15.8 Å². The van der Waals surface area contributed by atoms with Crippen LogP contribution in [0.1, 0.15) is 28.8 Å². The largest absolute Gasteiger partial charge is 0.383 e. The summed E-state index contributed by atoms with van der Waals surface area (Å²) >= 11 is 0. The lowest BCUT2D eigenvalue weighted by atomic mass is 9.94. The van der Waals surface area contributed by atoms with Crippen molar-refractivity contribution in [3.05, 3.63) is 65.6 Å². The van der Waals surface area contributed by atoms with Crippen molar-refractivity contribution in [3.8, 4) is 22.3 Å². The third-order valence-corrected chi connectivity index (χ3v) is 7.24. The fourth-order valence-electron chi connectivity index (χ4n) is 3.84. The molecule has 1 fully saturated rings. The number of fused-ring (bicyclic) bond motifs is 1. The number of hydrogen-bond acceptors (Lipinski definition) is 5. The smallest absolute Gasteiger partial charge is 0.251 e. The highest BCUT2D eigenvalue weighted by Crippen LogP contribution is 2.33. The third-order valence-electron chi connectivity index (χ3n) is 5.72. The lowest BCUT2D eigenvalue weighted by molar-refractivity contribution is 0.0946. The summed E-state index contributed by atoms with van der Waals surface area (Å²) in [6.45, 7) is 0.569. The zero-order valence-corrected chi connectivity index (χ0v) is 17.9. The van der Waals surface area contributed by atoms with Crippen molar-refractivity contribution < 1.29 is 17.6 Å². The highest BCUT2D eigenvalue weighted by Gasteiger charge is 2.28. The molecule has 2 heterocycles. The van der Waals surface area contributed by atoms with Gasteiger partial charge in [0.2, 0.25) is 10.0 Å². The number of halogens is 1. The van der Waals surface area contributed by atoms with Crippen LogP contribution >= 0.6 is 0 Å². The number of benzene rings is 2. The van der Waals surface area contributed by atoms with Gasteiger partial charge in [0.15, 0.2) is 0 Å². The van der Waals surface area contributed by atoms with Gasteiger partial charge in [-0.25, -0.2) is 22.5 Å². The number of amides is 1. The quantitative estimate of drug-likeness (QED) is 0.551. The SMILES string of the molecule is Nc1ncc(-c2ccc(S(=O)(=O)NC3CC3)cc2F)cc1-c1ccc2c(c1)CCNC2=O. The van der Waals surface area contributed by atoms with Crippen LogP contribution in [0.3, 0.4) is 0 Å². The number of sulfonamides is 1. The summed E-state index contributed by atoms with van der Waals surface area (Å²) in [5.41, 5.74) is 9.74. The van der Waals surface area contributed by atoms with E-state index in [0.29, 0.717) is 29.7 Å². The summed E-state index contributed by atoms with van der Waals surface area (Å²) in [7, 11) is -3.75. The second-order valence-electron chi connectivity index (χ2n) is 8.07. The van der Waals surface area contributed by atoms with Crippen molar-refractivity contribution in [2.75, 3.05) is 12.3 Å². The zero-order chi connectivity index (χ0) is 22.5. The van der Waals surface area contributed by atoms with E-state index in [-0.39, 0.29) is 28.2 Å². The minimum absolute atomic E-state index is 0.0608. The molecule has 3 aromatic rings. The highest BCUT2D eigenvalue weighted by molar-refractivity contribution is 7.89. The van der Waals surface area contributed by atoms with Gasteiger partial charge in [-0.3, -0.25) is 4.79 Å². The van der Waals surface area contributed by atoms with Gasteiger partial charge in [-0.1, -0.05) is 18.2 Å². The summed E-state index contributed by atoms with van der Waals surface area (Å²) in [4.78, 5) is 16.1. The number of nitrogens with two attached hydrogens (primary N) is 1. The number of carbonyl (C=O) groups excluding carboxylic acids is 1. The number of hydrogen-bond donors (Lipinski definition) is 3. The molecule has 2 aliphatic rings. The molecule has 0 unspecified atom stereocenters. The second kappa shape index (κ2) is 7.68. The third kappa shape index (κ3) is 3.85. The standard InChI is InChI=1S/C23H21FN4O3S/c24-21-11-17(32(30,31)28-16-2-3-16)4-6-18(21)15-10-20(22(25)27-12-15)13-1-5-19-14(9-13)7-8-26-23(19)29/h1,4-6,9-12,16,28H,2-3,7-8H2,(H2,25,27)(H,26,29). The molecule has 164 valence electrons. The van der Waals surface area contributed by atoms with Crippen LogP contribution < -0.4 is 15.8 Å². The molecule has 1 saturated carbocycles. The molecule has 1 aliphatic heterocycles. The number of pyridine rings is 1. The lowest BCUT2D eigenvalue weighted by Crippen LogP contribution is -2.31. The predicted octanol–water partition coefficient (Wildman–Crippen LogP) is 2.86. The van der Waals surface area contributed by atoms with Crippen LogP contribution in [-0.2, 0) is 16.4 Å². The molecular formula is C23H21FN4O3S. The number of rotatable bonds is 5. The Morgan fingerprint density at radius 2 is 1.81 bits per heavy atom. The molecule has 1 amide bonds. The summed E-state index contributed by atoms with van der Waals surface area (Å²) in [5.74, 6) is -0.489. The first-order valence-electron chi connectivity index (χ1n) is 10.3. The Morgan fingerprint density at radius 3 is 2.56 bits per heavy atom. The fourth-order valence-corrected chi connectivity index (χ4v) is 5.15. The number of aromatic nitrogens is 1. The van der Waals surface area contributed by atoms with Crippen molar-refractivity contribution in [1.29, 1.82) is 0 Å². The Balaban J connectivity index is 1.51. The lowest BCUT2D eigenvalue weighted by Gasteiger charge is -2.18. The molecule has 32 heavy (non-hydrogen) atoms. The van der Waals surface area contributed by atoms with E-state index in [1.807, 2.05) is 6.07 Å². The minimum atomic E-state index is -3.75. The van der Waals surface area contributed by atoms with Gasteiger partial charge in [0, 0.05) is 41.0 Å². The molecule has 5 rings (SSSR count). The van der Waals surface area contributed by atoms with Crippen molar-refractivity contribution in [1.82, 2.24) is 15.0 Å². The van der Waals surface area contributed by atoms with Crippen LogP contribution in [-0.4, -0.2) is 31.9 Å². The average molecular weight is 453 g/mol. The van der Waals surface area contributed by atoms with Gasteiger partial charge in [0.05, 0.1) is 4.90 Å². The van der Waals surface area contributed by atoms with Gasteiger partial charge in [-0.15, -0.1) is 0 Å². The van der Waals surface area contributed by atoms with Crippen molar-refractivity contribution in [3.63, 3.8) is 0 Å². The normalized spacial score (nSPS) is 15.8. The minimum Gasteiger partial charge on any atom is -0.383 e. The van der Waals surface area contributed by atoms with Crippen LogP contribution in [0.15, 0.2) is 53.6 Å². The molecule has 0 saturated heterocycles. The Hall–Kier alpha value is -3.30. The molecule has 4 N–H and O–H groups in total. The van der Waals surface area contributed by atoms with Crippen LogP contribution in [0.2, 0.25) is 0 Å². The maximum atomic E-state index is 14.9. The number of anilines is 1. The van der Waals surface area contributed by atoms with Crippen molar-refractivity contribution >= 4 is 21.7 Å². The van der Waals surface area contributed by atoms with E-state index in [1.54, 1.807) is 18.2 Å². The Labute approximate surface area is 184 Å². The second-order valence-corrected chi connectivity index (χ2v) is 9.79. The summed E-state index contributed by atoms with van der Waals surface area (Å²) in [6.07, 6.45) is 3.77. The Bertz CT molecular complexity index is 1350. The summed E-state index contributed by atoms with van der Waals surface area (Å²) < 4.78 is 42.2. The number of carbonyl (C=O) groups is 1. The van der Waals surface area contributed by atoms with Crippen molar-refractivity contribution in [2.24, 2.45) is 0 Å². The first-order valence-corrected chi connectivity index (χ1v) is 11.8. The summed E-state index contributed by atoms with van der Waals surface area (Å²) in [6, 6.07) is 10.9. The monoisotopic (exact) mass is 452 g/mol. The molecule has 1 aliphatic carbocycles. The highest BCUT2D eigenvalue weighted by atomic mass is 32.2. The maximum Gasteiger partial charge on any atom is 0.251 e. The van der Waals surface area contributed by atoms with E-state index in [9.17, 15) is 17.6 Å². The zero-order valence-electron chi connectivity index (χ0n) is 17.1. The maximum absolute atomic E-state index is 14.9. The molecule has 0 spiro atoms. The number of nitrogens with zero attached hydrogens (tertiary/aromatic N) is 1. The van der Waals surface area contributed by atoms with Crippen molar-refractivity contribution in [2.45, 2.75) is 30.2 Å². The van der Waals surface area contributed by atoms with E-state index in [4.69, 9.17) is 5.73 Å². The van der Waals surface area contributed by atoms with Gasteiger partial charge in [-0.2, -0.15) is 0 Å². The van der Waals surface area contributed by atoms with E-state index in [1.165, 1.54) is 18.3 Å². The first kappa shape index (κ1) is 20.6. The van der Waals surface area contributed by atoms with Crippen LogP contribution in [0.4, 0.5) is 10.2 Å². The van der Waals surface area contributed by atoms with Gasteiger partial charge in [0.25, 0.3) is 5.91 Å². The Kier molecular flexibility index (Phi) is 4.94. The molecule has 0 atom stereocenters. The molecule has 2 aromatic carbocycles. The van der Waals surface area contributed by atoms with E-state index in [0.717, 1.165) is 30.0 Å². The van der Waals surface area contributed by atoms with Crippen LogP contribution in [0.25, 0.3) is 22.3 Å². The van der Waals surface area contributed by atoms with Crippen LogP contribution in [0.5, 0.6) is 0 Å². The van der Waals surface area contributed by atoms with Crippen LogP contribution in [0, 0.1) is 5.82 Å².